The molecular weight excluding hydrogens is 312 g/mol. The van der Waals surface area contributed by atoms with Crippen LogP contribution in [0.4, 0.5) is 0 Å². The molecule has 0 aliphatic heterocycles. The van der Waals surface area contributed by atoms with Gasteiger partial charge in [0.15, 0.2) is 5.76 Å². The predicted molar refractivity (Wildman–Crippen MR) is 101 cm³/mol. The van der Waals surface area contributed by atoms with E-state index in [1.54, 1.807) is 0 Å². The van der Waals surface area contributed by atoms with Crippen molar-refractivity contribution >= 4 is 16.8 Å². The summed E-state index contributed by atoms with van der Waals surface area (Å²) < 4.78 is 5.68. The maximum Gasteiger partial charge on any atom is 0.252 e. The molecule has 0 aliphatic rings. The zero-order valence-electron chi connectivity index (χ0n) is 14.8. The highest BCUT2D eigenvalue weighted by atomic mass is 16.3. The van der Waals surface area contributed by atoms with E-state index in [2.05, 4.69) is 17.2 Å². The average molecular weight is 336 g/mol. The molecule has 0 aliphatic carbocycles. The number of benzene rings is 1. The van der Waals surface area contributed by atoms with Crippen LogP contribution in [-0.4, -0.2) is 17.4 Å². The standard InChI is InChI=1S/C21H24N2O2/c1-3-4-5-8-13-22-21(24)17-14-19(20-12-11-15(2)25-20)23-18-10-7-6-9-16(17)18/h6-7,9-12,14H,3-5,8,13H2,1-2H3,(H,22,24). The summed E-state index contributed by atoms with van der Waals surface area (Å²) in [5, 5.41) is 3.90. The molecule has 0 atom stereocenters. The number of aryl methyl sites for hydroxylation is 1. The summed E-state index contributed by atoms with van der Waals surface area (Å²) in [6, 6.07) is 13.3. The van der Waals surface area contributed by atoms with Crippen LogP contribution in [-0.2, 0) is 0 Å². The lowest BCUT2D eigenvalue weighted by atomic mass is 10.1. The van der Waals surface area contributed by atoms with E-state index in [9.17, 15) is 4.79 Å². The molecule has 2 aromatic heterocycles. The van der Waals surface area contributed by atoms with Gasteiger partial charge in [0.2, 0.25) is 0 Å². The Labute approximate surface area is 148 Å². The molecule has 1 N–H and O–H groups in total. The van der Waals surface area contributed by atoms with Gasteiger partial charge in [-0.2, -0.15) is 0 Å². The molecule has 0 saturated carbocycles. The van der Waals surface area contributed by atoms with Gasteiger partial charge in [0.1, 0.15) is 11.5 Å². The van der Waals surface area contributed by atoms with E-state index < -0.39 is 0 Å². The van der Waals surface area contributed by atoms with Crippen LogP contribution in [0, 0.1) is 6.92 Å². The van der Waals surface area contributed by atoms with E-state index in [1.807, 2.05) is 49.4 Å². The molecule has 25 heavy (non-hydrogen) atoms. The molecule has 4 nitrogen and oxygen atoms in total. The lowest BCUT2D eigenvalue weighted by Gasteiger charge is -2.09. The van der Waals surface area contributed by atoms with Crippen LogP contribution in [0.1, 0.15) is 48.7 Å². The molecule has 1 aromatic carbocycles. The maximum absolute atomic E-state index is 12.7. The van der Waals surface area contributed by atoms with Crippen LogP contribution in [0.3, 0.4) is 0 Å². The highest BCUT2D eigenvalue weighted by molar-refractivity contribution is 6.07. The minimum absolute atomic E-state index is 0.0559. The number of unbranched alkanes of at least 4 members (excludes halogenated alkanes) is 3. The lowest BCUT2D eigenvalue weighted by Crippen LogP contribution is -2.24. The maximum atomic E-state index is 12.7. The van der Waals surface area contributed by atoms with Gasteiger partial charge >= 0.3 is 0 Å². The van der Waals surface area contributed by atoms with Crippen molar-refractivity contribution in [2.24, 2.45) is 0 Å². The number of rotatable bonds is 7. The molecule has 0 saturated heterocycles. The first kappa shape index (κ1) is 17.2. The van der Waals surface area contributed by atoms with Gasteiger partial charge in [-0.05, 0) is 37.6 Å². The van der Waals surface area contributed by atoms with E-state index in [1.165, 1.54) is 12.8 Å². The molecule has 0 radical (unpaired) electrons. The van der Waals surface area contributed by atoms with Crippen molar-refractivity contribution in [3.8, 4) is 11.5 Å². The fourth-order valence-corrected chi connectivity index (χ4v) is 2.91. The average Bonchev–Trinajstić information content (AvgIpc) is 3.07. The van der Waals surface area contributed by atoms with Crippen LogP contribution < -0.4 is 5.32 Å². The second kappa shape index (κ2) is 7.97. The van der Waals surface area contributed by atoms with Gasteiger partial charge in [-0.15, -0.1) is 0 Å². The number of fused-ring (bicyclic) bond motifs is 1. The Morgan fingerprint density at radius 3 is 2.72 bits per heavy atom. The number of amides is 1. The van der Waals surface area contributed by atoms with E-state index in [4.69, 9.17) is 4.42 Å². The second-order valence-electron chi connectivity index (χ2n) is 6.30. The van der Waals surface area contributed by atoms with Crippen LogP contribution in [0.5, 0.6) is 0 Å². The van der Waals surface area contributed by atoms with Crippen molar-refractivity contribution in [3.63, 3.8) is 0 Å². The van der Waals surface area contributed by atoms with Gasteiger partial charge in [-0.25, -0.2) is 4.98 Å². The molecule has 2 heterocycles. The fourth-order valence-electron chi connectivity index (χ4n) is 2.91. The molecule has 4 heteroatoms. The Kier molecular flexibility index (Phi) is 5.49. The number of pyridine rings is 1. The quantitative estimate of drug-likeness (QED) is 0.610. The number of carbonyl (C=O) groups is 1. The first-order valence-electron chi connectivity index (χ1n) is 8.94. The zero-order valence-corrected chi connectivity index (χ0v) is 14.8. The van der Waals surface area contributed by atoms with Gasteiger partial charge in [-0.1, -0.05) is 44.4 Å². The topological polar surface area (TPSA) is 55.1 Å². The van der Waals surface area contributed by atoms with E-state index in [-0.39, 0.29) is 5.91 Å². The molecule has 0 fully saturated rings. The minimum atomic E-state index is -0.0559. The number of hydrogen-bond donors (Lipinski definition) is 1. The van der Waals surface area contributed by atoms with Crippen molar-refractivity contribution in [1.29, 1.82) is 0 Å². The van der Waals surface area contributed by atoms with E-state index in [0.717, 1.165) is 29.5 Å². The van der Waals surface area contributed by atoms with Gasteiger partial charge in [0.25, 0.3) is 5.91 Å². The number of nitrogens with one attached hydrogen (secondary N) is 1. The summed E-state index contributed by atoms with van der Waals surface area (Å²) in [6.45, 7) is 4.78. The van der Waals surface area contributed by atoms with Gasteiger partial charge in [-0.3, -0.25) is 4.79 Å². The first-order valence-corrected chi connectivity index (χ1v) is 8.94. The third kappa shape index (κ3) is 4.08. The highest BCUT2D eigenvalue weighted by Gasteiger charge is 2.15. The number of aromatic nitrogens is 1. The summed E-state index contributed by atoms with van der Waals surface area (Å²) in [5.74, 6) is 1.45. The van der Waals surface area contributed by atoms with Crippen LogP contribution in [0.25, 0.3) is 22.4 Å². The first-order chi connectivity index (χ1) is 12.2. The Morgan fingerprint density at radius 2 is 1.96 bits per heavy atom. The predicted octanol–water partition coefficient (Wildman–Crippen LogP) is 5.11. The Balaban J connectivity index is 1.88. The lowest BCUT2D eigenvalue weighted by molar-refractivity contribution is 0.0954. The molecule has 0 bridgehead atoms. The van der Waals surface area contributed by atoms with Gasteiger partial charge < -0.3 is 9.73 Å². The monoisotopic (exact) mass is 336 g/mol. The summed E-state index contributed by atoms with van der Waals surface area (Å²) in [6.07, 6.45) is 4.54. The third-order valence-electron chi connectivity index (χ3n) is 4.27. The molecule has 0 spiro atoms. The molecule has 3 aromatic rings. The molecule has 130 valence electrons. The van der Waals surface area contributed by atoms with E-state index >= 15 is 0 Å². The van der Waals surface area contributed by atoms with Gasteiger partial charge in [0.05, 0.1) is 11.1 Å². The van der Waals surface area contributed by atoms with Crippen molar-refractivity contribution in [3.05, 3.63) is 53.8 Å². The van der Waals surface area contributed by atoms with E-state index in [0.29, 0.717) is 23.6 Å². The Bertz CT molecular complexity index is 867. The zero-order chi connectivity index (χ0) is 17.6. The van der Waals surface area contributed by atoms with Crippen LogP contribution in [0.15, 0.2) is 46.9 Å². The van der Waals surface area contributed by atoms with Crippen molar-refractivity contribution in [2.75, 3.05) is 6.54 Å². The summed E-state index contributed by atoms with van der Waals surface area (Å²) in [5.41, 5.74) is 2.12. The molecule has 0 unspecified atom stereocenters. The second-order valence-corrected chi connectivity index (χ2v) is 6.30. The summed E-state index contributed by atoms with van der Waals surface area (Å²) in [4.78, 5) is 17.4. The SMILES string of the molecule is CCCCCCNC(=O)c1cc(-c2ccc(C)o2)nc2ccccc12. The van der Waals surface area contributed by atoms with Crippen LogP contribution in [0.2, 0.25) is 0 Å². The Morgan fingerprint density at radius 1 is 1.12 bits per heavy atom. The van der Waals surface area contributed by atoms with Gasteiger partial charge in [0, 0.05) is 11.9 Å². The number of furan rings is 1. The number of carbonyl (C=O) groups excluding carboxylic acids is 1. The molecule has 1 amide bonds. The molecule has 3 rings (SSSR count). The van der Waals surface area contributed by atoms with Crippen molar-refractivity contribution < 1.29 is 9.21 Å². The summed E-state index contributed by atoms with van der Waals surface area (Å²) in [7, 11) is 0. The number of hydrogen-bond acceptors (Lipinski definition) is 3. The van der Waals surface area contributed by atoms with Crippen molar-refractivity contribution in [1.82, 2.24) is 10.3 Å². The molecular formula is C21H24N2O2. The minimum Gasteiger partial charge on any atom is -0.460 e. The van der Waals surface area contributed by atoms with Crippen LogP contribution >= 0.6 is 0 Å². The third-order valence-corrected chi connectivity index (χ3v) is 4.27. The highest BCUT2D eigenvalue weighted by Crippen LogP contribution is 2.26. The van der Waals surface area contributed by atoms with Crippen molar-refractivity contribution in [2.45, 2.75) is 39.5 Å². The summed E-state index contributed by atoms with van der Waals surface area (Å²) >= 11 is 0. The smallest absolute Gasteiger partial charge is 0.252 e. The number of nitrogens with zero attached hydrogens (tertiary/aromatic N) is 1. The fraction of sp³-hybridized carbons (Fsp3) is 0.333. The Hall–Kier alpha value is -2.62. The largest absolute Gasteiger partial charge is 0.460 e. The number of para-hydroxylation sites is 1. The normalized spacial score (nSPS) is 11.0.